The van der Waals surface area contributed by atoms with Crippen LogP contribution < -0.4 is 0 Å². The molecule has 1 amide bonds. The lowest BCUT2D eigenvalue weighted by atomic mass is 9.95. The van der Waals surface area contributed by atoms with E-state index in [0.717, 1.165) is 0 Å². The number of nitro groups is 1. The number of aromatic hydroxyl groups is 1. The third kappa shape index (κ3) is 4.55. The summed E-state index contributed by atoms with van der Waals surface area (Å²) < 4.78 is 5.21. The molecule has 1 unspecified atom stereocenters. The number of carbonyl (C=O) groups is 2. The van der Waals surface area contributed by atoms with Gasteiger partial charge in [-0.25, -0.2) is 0 Å². The molecule has 0 aromatic heterocycles. The summed E-state index contributed by atoms with van der Waals surface area (Å²) in [6, 6.07) is 9.86. The number of hydrogen-bond acceptors (Lipinski definition) is 8. The number of nitro benzene ring substituents is 1. The smallest absolute Gasteiger partial charge is 0.295 e. The molecular formula is C21H20N2O8. The molecule has 2 aromatic rings. The Balaban J connectivity index is 2.06. The molecule has 10 nitrogen and oxygen atoms in total. The van der Waals surface area contributed by atoms with Crippen LogP contribution in [0, 0.1) is 10.1 Å². The Morgan fingerprint density at radius 3 is 2.45 bits per heavy atom. The quantitative estimate of drug-likeness (QED) is 0.144. The van der Waals surface area contributed by atoms with E-state index in [1.54, 1.807) is 12.1 Å². The Morgan fingerprint density at radius 1 is 1.13 bits per heavy atom. The maximum absolute atomic E-state index is 12.8. The highest BCUT2D eigenvalue weighted by molar-refractivity contribution is 6.46. The SMILES string of the molecule is O=C1C(=O)N(CCOCCO)C(c2cccc(O)c2)/C1=C(/O)c1ccc([N+](=O)[O-])cc1. The zero-order chi connectivity index (χ0) is 22.5. The summed E-state index contributed by atoms with van der Waals surface area (Å²) >= 11 is 0. The van der Waals surface area contributed by atoms with Gasteiger partial charge in [0.1, 0.15) is 11.5 Å². The molecule has 1 aliphatic rings. The number of likely N-dealkylation sites (tertiary alicyclic amines) is 1. The van der Waals surface area contributed by atoms with Crippen molar-refractivity contribution in [1.82, 2.24) is 4.90 Å². The minimum atomic E-state index is -1.000. The molecule has 1 saturated heterocycles. The van der Waals surface area contributed by atoms with Crippen LogP contribution in [0.1, 0.15) is 17.2 Å². The normalized spacial score (nSPS) is 17.8. The van der Waals surface area contributed by atoms with Crippen LogP contribution in [0.15, 0.2) is 54.1 Å². The first-order chi connectivity index (χ1) is 14.8. The molecule has 10 heteroatoms. The highest BCUT2D eigenvalue weighted by Gasteiger charge is 2.46. The van der Waals surface area contributed by atoms with Crippen molar-refractivity contribution in [1.29, 1.82) is 0 Å². The fourth-order valence-electron chi connectivity index (χ4n) is 3.38. The van der Waals surface area contributed by atoms with Crippen molar-refractivity contribution in [3.63, 3.8) is 0 Å². The van der Waals surface area contributed by atoms with E-state index in [0.29, 0.717) is 5.56 Å². The van der Waals surface area contributed by atoms with Gasteiger partial charge in [0.25, 0.3) is 17.4 Å². The predicted octanol–water partition coefficient (Wildman–Crippen LogP) is 1.73. The van der Waals surface area contributed by atoms with Crippen LogP contribution in [0.25, 0.3) is 5.76 Å². The number of Topliss-reactive ketones (excluding diaryl/α,β-unsaturated/α-hetero) is 1. The van der Waals surface area contributed by atoms with Crippen molar-refractivity contribution in [2.24, 2.45) is 0 Å². The van der Waals surface area contributed by atoms with Gasteiger partial charge in [-0.1, -0.05) is 12.1 Å². The number of hydrogen-bond donors (Lipinski definition) is 3. The Bertz CT molecular complexity index is 1030. The van der Waals surface area contributed by atoms with E-state index in [2.05, 4.69) is 0 Å². The van der Waals surface area contributed by atoms with Gasteiger partial charge in [-0.2, -0.15) is 0 Å². The summed E-state index contributed by atoms with van der Waals surface area (Å²) in [6.07, 6.45) is 0. The molecule has 31 heavy (non-hydrogen) atoms. The Labute approximate surface area is 176 Å². The summed E-state index contributed by atoms with van der Waals surface area (Å²) in [7, 11) is 0. The van der Waals surface area contributed by atoms with Gasteiger partial charge in [-0.05, 0) is 29.8 Å². The maximum atomic E-state index is 12.8. The van der Waals surface area contributed by atoms with Gasteiger partial charge in [0.15, 0.2) is 0 Å². The van der Waals surface area contributed by atoms with E-state index in [1.807, 2.05) is 0 Å². The minimum Gasteiger partial charge on any atom is -0.508 e. The Morgan fingerprint density at radius 2 is 1.84 bits per heavy atom. The first-order valence-electron chi connectivity index (χ1n) is 9.36. The molecular weight excluding hydrogens is 408 g/mol. The lowest BCUT2D eigenvalue weighted by Gasteiger charge is -2.25. The van der Waals surface area contributed by atoms with Crippen molar-refractivity contribution in [3.05, 3.63) is 75.3 Å². The molecule has 3 rings (SSSR count). The first-order valence-corrected chi connectivity index (χ1v) is 9.36. The molecule has 1 atom stereocenters. The number of phenols is 1. The molecule has 0 spiro atoms. The summed E-state index contributed by atoms with van der Waals surface area (Å²) in [4.78, 5) is 37.0. The number of nitrogens with zero attached hydrogens (tertiary/aromatic N) is 2. The van der Waals surface area contributed by atoms with Gasteiger partial charge in [0.2, 0.25) is 0 Å². The second kappa shape index (κ2) is 9.37. The highest BCUT2D eigenvalue weighted by Crippen LogP contribution is 2.40. The van der Waals surface area contributed by atoms with Gasteiger partial charge in [-0.15, -0.1) is 0 Å². The largest absolute Gasteiger partial charge is 0.508 e. The van der Waals surface area contributed by atoms with Crippen LogP contribution in [-0.2, 0) is 14.3 Å². The van der Waals surface area contributed by atoms with E-state index in [4.69, 9.17) is 9.84 Å². The minimum absolute atomic E-state index is 0.00192. The number of aliphatic hydroxyl groups excluding tert-OH is 2. The number of aliphatic hydroxyl groups is 2. The molecule has 1 aliphatic heterocycles. The number of ketones is 1. The molecule has 3 N–H and O–H groups in total. The highest BCUT2D eigenvalue weighted by atomic mass is 16.6. The number of rotatable bonds is 8. The second-order valence-electron chi connectivity index (χ2n) is 6.73. The number of amides is 1. The van der Waals surface area contributed by atoms with Gasteiger partial charge in [0.05, 0.1) is 36.4 Å². The molecule has 0 radical (unpaired) electrons. The molecule has 1 fully saturated rings. The maximum Gasteiger partial charge on any atom is 0.295 e. The summed E-state index contributed by atoms with van der Waals surface area (Å²) in [5, 5.41) is 40.4. The van der Waals surface area contributed by atoms with Crippen LogP contribution in [0.3, 0.4) is 0 Å². The number of phenolic OH excluding ortho intramolecular Hbond substituents is 1. The zero-order valence-corrected chi connectivity index (χ0v) is 16.3. The molecule has 0 bridgehead atoms. The number of benzene rings is 2. The standard InChI is InChI=1S/C21H20N2O8/c24-9-11-31-10-8-22-18(14-2-1-3-16(25)12-14)17(20(27)21(22)28)19(26)13-4-6-15(7-5-13)23(29)30/h1-7,12,18,24-26H,8-11H2/b19-17-. The van der Waals surface area contributed by atoms with Crippen molar-refractivity contribution in [2.75, 3.05) is 26.4 Å². The monoisotopic (exact) mass is 428 g/mol. The Hall–Kier alpha value is -3.76. The molecule has 0 aliphatic carbocycles. The molecule has 0 saturated carbocycles. The summed E-state index contributed by atoms with van der Waals surface area (Å²) in [5.41, 5.74) is 0.129. The molecule has 2 aromatic carbocycles. The number of non-ortho nitro benzene ring substituents is 1. The summed E-state index contributed by atoms with van der Waals surface area (Å²) in [6.45, 7) is -0.0964. The van der Waals surface area contributed by atoms with Gasteiger partial charge >= 0.3 is 0 Å². The Kier molecular flexibility index (Phi) is 6.63. The predicted molar refractivity (Wildman–Crippen MR) is 108 cm³/mol. The third-order valence-corrected chi connectivity index (χ3v) is 4.79. The average molecular weight is 428 g/mol. The first kappa shape index (κ1) is 21.9. The fourth-order valence-corrected chi connectivity index (χ4v) is 3.38. The number of carbonyl (C=O) groups excluding carboxylic acids is 2. The second-order valence-corrected chi connectivity index (χ2v) is 6.73. The van der Waals surface area contributed by atoms with Gasteiger partial charge in [0, 0.05) is 24.2 Å². The lowest BCUT2D eigenvalue weighted by Crippen LogP contribution is -2.33. The van der Waals surface area contributed by atoms with Gasteiger partial charge in [-0.3, -0.25) is 19.7 Å². The van der Waals surface area contributed by atoms with Gasteiger partial charge < -0.3 is 25.0 Å². The van der Waals surface area contributed by atoms with Crippen molar-refractivity contribution in [3.8, 4) is 5.75 Å². The fraction of sp³-hybridized carbons (Fsp3) is 0.238. The lowest BCUT2D eigenvalue weighted by molar-refractivity contribution is -0.384. The summed E-state index contributed by atoms with van der Waals surface area (Å²) in [5.74, 6) is -2.36. The molecule has 162 valence electrons. The number of ether oxygens (including phenoxy) is 1. The van der Waals surface area contributed by atoms with E-state index < -0.39 is 28.4 Å². The van der Waals surface area contributed by atoms with E-state index in [1.165, 1.54) is 41.3 Å². The van der Waals surface area contributed by atoms with Crippen molar-refractivity contribution >= 4 is 23.1 Å². The van der Waals surface area contributed by atoms with Crippen LogP contribution in [0.2, 0.25) is 0 Å². The third-order valence-electron chi connectivity index (χ3n) is 4.79. The average Bonchev–Trinajstić information content (AvgIpc) is 3.01. The van der Waals surface area contributed by atoms with Crippen LogP contribution >= 0.6 is 0 Å². The van der Waals surface area contributed by atoms with Crippen LogP contribution in [0.4, 0.5) is 5.69 Å². The van der Waals surface area contributed by atoms with Crippen molar-refractivity contribution in [2.45, 2.75) is 6.04 Å². The molecule has 1 heterocycles. The van der Waals surface area contributed by atoms with Crippen LogP contribution in [0.5, 0.6) is 5.75 Å². The van der Waals surface area contributed by atoms with E-state index >= 15 is 0 Å². The van der Waals surface area contributed by atoms with E-state index in [9.17, 15) is 29.9 Å². The van der Waals surface area contributed by atoms with Crippen molar-refractivity contribution < 1.29 is 34.6 Å². The topological polar surface area (TPSA) is 150 Å². The van der Waals surface area contributed by atoms with Crippen LogP contribution in [-0.4, -0.2) is 63.2 Å². The van der Waals surface area contributed by atoms with E-state index in [-0.39, 0.29) is 48.9 Å². The zero-order valence-electron chi connectivity index (χ0n) is 16.3.